The normalized spacial score (nSPS) is 31.5. The molecule has 1 fully saturated rings. The molecule has 1 aromatic rings. The van der Waals surface area contributed by atoms with Crippen molar-refractivity contribution in [2.75, 3.05) is 11.4 Å². The fraction of sp³-hybridized carbons (Fsp3) is 0.588. The lowest BCUT2D eigenvalue weighted by atomic mass is 9.64. The molecule has 2 N–H and O–H groups in total. The highest BCUT2D eigenvalue weighted by atomic mass is 79.9. The molecule has 4 heteroatoms. The highest BCUT2D eigenvalue weighted by Crippen LogP contribution is 2.50. The Balaban J connectivity index is 2.05. The number of hydrogen-bond acceptors (Lipinski definition) is 3. The first-order valence-electron chi connectivity index (χ1n) is 7.68. The molecule has 2 unspecified atom stereocenters. The van der Waals surface area contributed by atoms with Gasteiger partial charge >= 0.3 is 0 Å². The van der Waals surface area contributed by atoms with E-state index in [0.29, 0.717) is 17.3 Å². The van der Waals surface area contributed by atoms with Crippen LogP contribution in [0.1, 0.15) is 40.0 Å². The van der Waals surface area contributed by atoms with E-state index in [-0.39, 0.29) is 5.54 Å². The van der Waals surface area contributed by atoms with Crippen molar-refractivity contribution in [1.29, 1.82) is 0 Å². The van der Waals surface area contributed by atoms with Crippen molar-refractivity contribution in [3.05, 3.63) is 28.7 Å². The van der Waals surface area contributed by atoms with E-state index >= 15 is 0 Å². The molecule has 1 saturated carbocycles. The predicted molar refractivity (Wildman–Crippen MR) is 92.6 cm³/mol. The van der Waals surface area contributed by atoms with Crippen LogP contribution in [0.5, 0.6) is 0 Å². The van der Waals surface area contributed by atoms with E-state index in [1.54, 1.807) is 0 Å². The van der Waals surface area contributed by atoms with E-state index in [1.165, 1.54) is 6.42 Å². The number of nitrogens with two attached hydrogens (primary N) is 1. The maximum atomic E-state index is 6.27. The average Bonchev–Trinajstić information content (AvgIpc) is 2.64. The Labute approximate surface area is 135 Å². The van der Waals surface area contributed by atoms with Crippen LogP contribution in [0.3, 0.4) is 0 Å². The smallest absolute Gasteiger partial charge is 0.196 e. The van der Waals surface area contributed by atoms with Crippen LogP contribution >= 0.6 is 15.9 Å². The molecule has 0 aromatic heterocycles. The lowest BCUT2D eigenvalue weighted by molar-refractivity contribution is 0.119. The molecule has 2 aliphatic rings. The largest absolute Gasteiger partial charge is 0.369 e. The minimum atomic E-state index is 0.0368. The Morgan fingerprint density at radius 1 is 1.29 bits per heavy atom. The van der Waals surface area contributed by atoms with Crippen molar-refractivity contribution in [3.8, 4) is 0 Å². The number of rotatable bonds is 1. The first-order chi connectivity index (χ1) is 9.83. The number of halogens is 1. The summed E-state index contributed by atoms with van der Waals surface area (Å²) >= 11 is 3.68. The molecule has 3 rings (SSSR count). The molecule has 1 aliphatic heterocycles. The monoisotopic (exact) mass is 349 g/mol. The van der Waals surface area contributed by atoms with Crippen molar-refractivity contribution >= 4 is 27.6 Å². The standard InChI is InChI=1S/C17H24BrN3/c1-12-8-16(2,3)10-17(9-12)11-20-15(19)21(17)14-7-5-4-6-13(14)18/h4-7,12H,8-11H2,1-3H3,(H2,19,20). The molecule has 1 aromatic carbocycles. The molecule has 0 radical (unpaired) electrons. The fourth-order valence-electron chi connectivity index (χ4n) is 4.61. The molecular formula is C17H24BrN3. The second-order valence-electron chi connectivity index (χ2n) is 7.54. The highest BCUT2D eigenvalue weighted by molar-refractivity contribution is 9.10. The minimum absolute atomic E-state index is 0.0368. The number of nitrogens with zero attached hydrogens (tertiary/aromatic N) is 2. The van der Waals surface area contributed by atoms with Gasteiger partial charge < -0.3 is 10.6 Å². The van der Waals surface area contributed by atoms with Crippen LogP contribution < -0.4 is 10.6 Å². The summed E-state index contributed by atoms with van der Waals surface area (Å²) in [6.07, 6.45) is 3.57. The Morgan fingerprint density at radius 2 is 2.00 bits per heavy atom. The van der Waals surface area contributed by atoms with Crippen molar-refractivity contribution in [1.82, 2.24) is 0 Å². The van der Waals surface area contributed by atoms with Crippen LogP contribution in [0.15, 0.2) is 33.7 Å². The first kappa shape index (κ1) is 14.9. The number of para-hydroxylation sites is 1. The molecule has 0 bridgehead atoms. The van der Waals surface area contributed by atoms with Gasteiger partial charge in [0.15, 0.2) is 5.96 Å². The van der Waals surface area contributed by atoms with Gasteiger partial charge in [-0.25, -0.2) is 0 Å². The van der Waals surface area contributed by atoms with Crippen LogP contribution in [0, 0.1) is 11.3 Å². The Morgan fingerprint density at radius 3 is 2.67 bits per heavy atom. The number of aliphatic imine (C=N–C) groups is 1. The van der Waals surface area contributed by atoms with Gasteiger partial charge in [0.25, 0.3) is 0 Å². The van der Waals surface area contributed by atoms with Gasteiger partial charge in [0.05, 0.1) is 17.8 Å². The SMILES string of the molecule is CC1CC(C)(C)CC2(CN=C(N)N2c2ccccc2Br)C1. The molecule has 2 atom stereocenters. The fourth-order valence-corrected chi connectivity index (χ4v) is 5.08. The molecule has 1 heterocycles. The summed E-state index contributed by atoms with van der Waals surface area (Å²) in [7, 11) is 0. The van der Waals surface area contributed by atoms with Gasteiger partial charge in [0.2, 0.25) is 0 Å². The summed E-state index contributed by atoms with van der Waals surface area (Å²) in [5.41, 5.74) is 7.78. The lowest BCUT2D eigenvalue weighted by Crippen LogP contribution is -2.57. The summed E-state index contributed by atoms with van der Waals surface area (Å²) in [4.78, 5) is 6.90. The third kappa shape index (κ3) is 2.59. The minimum Gasteiger partial charge on any atom is -0.369 e. The summed E-state index contributed by atoms with van der Waals surface area (Å²) in [6, 6.07) is 8.31. The van der Waals surface area contributed by atoms with E-state index in [0.717, 1.165) is 29.5 Å². The van der Waals surface area contributed by atoms with E-state index in [2.05, 4.69) is 64.8 Å². The van der Waals surface area contributed by atoms with Gasteiger partial charge in [0.1, 0.15) is 0 Å². The quantitative estimate of drug-likeness (QED) is 0.826. The zero-order chi connectivity index (χ0) is 15.3. The van der Waals surface area contributed by atoms with E-state index < -0.39 is 0 Å². The Kier molecular flexibility index (Phi) is 3.55. The summed E-state index contributed by atoms with van der Waals surface area (Å²) in [6.45, 7) is 7.91. The van der Waals surface area contributed by atoms with Crippen LogP contribution in [-0.2, 0) is 0 Å². The van der Waals surface area contributed by atoms with E-state index in [1.807, 2.05) is 6.07 Å². The summed E-state index contributed by atoms with van der Waals surface area (Å²) in [5, 5.41) is 0. The second-order valence-corrected chi connectivity index (χ2v) is 8.39. The first-order valence-corrected chi connectivity index (χ1v) is 8.47. The average molecular weight is 350 g/mol. The highest BCUT2D eigenvalue weighted by Gasteiger charge is 2.50. The number of guanidine groups is 1. The van der Waals surface area contributed by atoms with Crippen LogP contribution in [-0.4, -0.2) is 18.0 Å². The molecule has 3 nitrogen and oxygen atoms in total. The summed E-state index contributed by atoms with van der Waals surface area (Å²) < 4.78 is 1.08. The van der Waals surface area contributed by atoms with Gasteiger partial charge in [-0.05, 0) is 58.7 Å². The van der Waals surface area contributed by atoms with Crippen molar-refractivity contribution in [2.45, 2.75) is 45.6 Å². The Hall–Kier alpha value is -1.03. The zero-order valence-corrected chi connectivity index (χ0v) is 14.7. The third-order valence-electron chi connectivity index (χ3n) is 4.77. The van der Waals surface area contributed by atoms with Gasteiger partial charge in [-0.15, -0.1) is 0 Å². The third-order valence-corrected chi connectivity index (χ3v) is 5.44. The van der Waals surface area contributed by atoms with Gasteiger partial charge in [-0.2, -0.15) is 0 Å². The molecular weight excluding hydrogens is 326 g/mol. The van der Waals surface area contributed by atoms with Crippen LogP contribution in [0.2, 0.25) is 0 Å². The maximum Gasteiger partial charge on any atom is 0.196 e. The molecule has 1 spiro atoms. The second kappa shape index (κ2) is 5.01. The number of hydrogen-bond donors (Lipinski definition) is 1. The summed E-state index contributed by atoms with van der Waals surface area (Å²) in [5.74, 6) is 1.35. The van der Waals surface area contributed by atoms with Crippen molar-refractivity contribution < 1.29 is 0 Å². The van der Waals surface area contributed by atoms with Gasteiger partial charge in [-0.1, -0.05) is 32.9 Å². The van der Waals surface area contributed by atoms with E-state index in [4.69, 9.17) is 5.73 Å². The molecule has 0 amide bonds. The molecule has 21 heavy (non-hydrogen) atoms. The van der Waals surface area contributed by atoms with Crippen molar-refractivity contribution in [2.24, 2.45) is 22.1 Å². The van der Waals surface area contributed by atoms with E-state index in [9.17, 15) is 0 Å². The molecule has 0 saturated heterocycles. The maximum absolute atomic E-state index is 6.27. The van der Waals surface area contributed by atoms with Crippen LogP contribution in [0.4, 0.5) is 5.69 Å². The number of benzene rings is 1. The molecule has 114 valence electrons. The lowest BCUT2D eigenvalue weighted by Gasteiger charge is -2.50. The Bertz CT molecular complexity index is 581. The van der Waals surface area contributed by atoms with Crippen molar-refractivity contribution in [3.63, 3.8) is 0 Å². The topological polar surface area (TPSA) is 41.6 Å². The predicted octanol–water partition coefficient (Wildman–Crippen LogP) is 4.17. The number of anilines is 1. The van der Waals surface area contributed by atoms with Crippen LogP contribution in [0.25, 0.3) is 0 Å². The molecule has 1 aliphatic carbocycles. The van der Waals surface area contributed by atoms with Gasteiger partial charge in [0, 0.05) is 4.47 Å². The van der Waals surface area contributed by atoms with Gasteiger partial charge in [-0.3, -0.25) is 4.99 Å². The zero-order valence-electron chi connectivity index (χ0n) is 13.1.